The molecule has 0 unspecified atom stereocenters. The lowest BCUT2D eigenvalue weighted by Crippen LogP contribution is -2.47. The summed E-state index contributed by atoms with van der Waals surface area (Å²) in [6.45, 7) is 1.49. The molecule has 122 valence electrons. The van der Waals surface area contributed by atoms with Crippen LogP contribution in [0.2, 0.25) is 0 Å². The topological polar surface area (TPSA) is 91.2 Å². The Hall–Kier alpha value is -3.40. The maximum atomic E-state index is 12.8. The average molecular weight is 327 g/mol. The number of amides is 2. The standard InChI is InChI=1S/C17H14FN3O3/c1-11(24-15-8-6-14(18)7-9-15)16(22)20-21-17(23)13-4-2-12(10-19)3-5-13/h2-9,11H,1H3,(H,20,22)(H,21,23)/t11-/m0/s1. The van der Waals surface area contributed by atoms with Crippen molar-refractivity contribution in [1.29, 1.82) is 5.26 Å². The molecule has 0 fully saturated rings. The largest absolute Gasteiger partial charge is 0.481 e. The van der Waals surface area contributed by atoms with Gasteiger partial charge in [0.15, 0.2) is 6.10 Å². The van der Waals surface area contributed by atoms with E-state index in [1.54, 1.807) is 0 Å². The summed E-state index contributed by atoms with van der Waals surface area (Å²) in [6.07, 6.45) is -0.892. The van der Waals surface area contributed by atoms with Gasteiger partial charge in [-0.25, -0.2) is 4.39 Å². The number of carbonyl (C=O) groups is 2. The Morgan fingerprint density at radius 1 is 1.08 bits per heavy atom. The predicted molar refractivity (Wildman–Crippen MR) is 83.3 cm³/mol. The molecule has 0 radical (unpaired) electrons. The first kappa shape index (κ1) is 17.0. The number of nitriles is 1. The van der Waals surface area contributed by atoms with E-state index in [-0.39, 0.29) is 0 Å². The number of hydrogen-bond donors (Lipinski definition) is 2. The summed E-state index contributed by atoms with van der Waals surface area (Å²) in [7, 11) is 0. The summed E-state index contributed by atoms with van der Waals surface area (Å²) in [5.74, 6) is -1.17. The zero-order valence-electron chi connectivity index (χ0n) is 12.7. The first-order valence-electron chi connectivity index (χ1n) is 7.02. The number of rotatable bonds is 4. The number of nitrogens with one attached hydrogen (secondary N) is 2. The van der Waals surface area contributed by atoms with Crippen molar-refractivity contribution in [3.8, 4) is 11.8 Å². The lowest BCUT2D eigenvalue weighted by Gasteiger charge is -2.15. The van der Waals surface area contributed by atoms with E-state index in [1.165, 1.54) is 55.5 Å². The predicted octanol–water partition coefficient (Wildman–Crippen LogP) is 1.93. The van der Waals surface area contributed by atoms with E-state index in [1.807, 2.05) is 6.07 Å². The maximum absolute atomic E-state index is 12.8. The van der Waals surface area contributed by atoms with Crippen molar-refractivity contribution in [3.05, 3.63) is 65.5 Å². The van der Waals surface area contributed by atoms with Gasteiger partial charge in [0.2, 0.25) is 0 Å². The molecule has 0 aliphatic heterocycles. The van der Waals surface area contributed by atoms with Crippen LogP contribution < -0.4 is 15.6 Å². The van der Waals surface area contributed by atoms with Crippen LogP contribution >= 0.6 is 0 Å². The Morgan fingerprint density at radius 3 is 2.29 bits per heavy atom. The average Bonchev–Trinajstić information content (AvgIpc) is 2.61. The second kappa shape index (κ2) is 7.74. The van der Waals surface area contributed by atoms with Crippen LogP contribution in [0.25, 0.3) is 0 Å². The van der Waals surface area contributed by atoms with Crippen molar-refractivity contribution in [3.63, 3.8) is 0 Å². The third-order valence-electron chi connectivity index (χ3n) is 3.07. The number of ether oxygens (including phenoxy) is 1. The molecule has 24 heavy (non-hydrogen) atoms. The highest BCUT2D eigenvalue weighted by Crippen LogP contribution is 2.12. The summed E-state index contributed by atoms with van der Waals surface area (Å²) >= 11 is 0. The third-order valence-corrected chi connectivity index (χ3v) is 3.07. The van der Waals surface area contributed by atoms with E-state index in [0.29, 0.717) is 16.9 Å². The summed E-state index contributed by atoms with van der Waals surface area (Å²) in [5, 5.41) is 8.70. The van der Waals surface area contributed by atoms with Crippen molar-refractivity contribution in [2.45, 2.75) is 13.0 Å². The summed E-state index contributed by atoms with van der Waals surface area (Å²) < 4.78 is 18.1. The molecule has 2 aromatic rings. The lowest BCUT2D eigenvalue weighted by atomic mass is 10.1. The van der Waals surface area contributed by atoms with Gasteiger partial charge >= 0.3 is 0 Å². The van der Waals surface area contributed by atoms with Gasteiger partial charge in [-0.15, -0.1) is 0 Å². The minimum atomic E-state index is -0.892. The van der Waals surface area contributed by atoms with Crippen LogP contribution in [-0.4, -0.2) is 17.9 Å². The molecule has 2 amide bonds. The van der Waals surface area contributed by atoms with Crippen LogP contribution in [0.1, 0.15) is 22.8 Å². The van der Waals surface area contributed by atoms with Gasteiger partial charge in [-0.3, -0.25) is 20.4 Å². The van der Waals surface area contributed by atoms with Crippen LogP contribution in [0.15, 0.2) is 48.5 Å². The van der Waals surface area contributed by atoms with Gasteiger partial charge in [-0.1, -0.05) is 0 Å². The van der Waals surface area contributed by atoms with E-state index in [4.69, 9.17) is 10.00 Å². The first-order valence-corrected chi connectivity index (χ1v) is 7.02. The Morgan fingerprint density at radius 2 is 1.71 bits per heavy atom. The highest BCUT2D eigenvalue weighted by Gasteiger charge is 2.16. The molecule has 6 nitrogen and oxygen atoms in total. The van der Waals surface area contributed by atoms with E-state index in [2.05, 4.69) is 10.9 Å². The van der Waals surface area contributed by atoms with Crippen LogP contribution in [-0.2, 0) is 4.79 Å². The maximum Gasteiger partial charge on any atom is 0.279 e. The molecule has 0 aliphatic carbocycles. The molecule has 0 aromatic heterocycles. The Bertz CT molecular complexity index is 767. The van der Waals surface area contributed by atoms with Crippen molar-refractivity contribution in [1.82, 2.24) is 10.9 Å². The highest BCUT2D eigenvalue weighted by atomic mass is 19.1. The van der Waals surface area contributed by atoms with Gasteiger partial charge in [0, 0.05) is 5.56 Å². The van der Waals surface area contributed by atoms with E-state index >= 15 is 0 Å². The fraction of sp³-hybridized carbons (Fsp3) is 0.118. The van der Waals surface area contributed by atoms with Crippen LogP contribution in [0.4, 0.5) is 4.39 Å². The Balaban J connectivity index is 1.86. The molecule has 1 atom stereocenters. The molecule has 0 saturated carbocycles. The van der Waals surface area contributed by atoms with Gasteiger partial charge in [-0.2, -0.15) is 5.26 Å². The van der Waals surface area contributed by atoms with Crippen LogP contribution in [0.3, 0.4) is 0 Å². The van der Waals surface area contributed by atoms with Gasteiger partial charge in [0.1, 0.15) is 11.6 Å². The Labute approximate surface area is 137 Å². The van der Waals surface area contributed by atoms with Gasteiger partial charge in [0.05, 0.1) is 11.6 Å². The van der Waals surface area contributed by atoms with E-state index in [9.17, 15) is 14.0 Å². The molecule has 0 bridgehead atoms. The van der Waals surface area contributed by atoms with Crippen molar-refractivity contribution >= 4 is 11.8 Å². The van der Waals surface area contributed by atoms with Crippen molar-refractivity contribution in [2.24, 2.45) is 0 Å². The molecule has 2 aromatic carbocycles. The SMILES string of the molecule is C[C@H](Oc1ccc(F)cc1)C(=O)NNC(=O)c1ccc(C#N)cc1. The number of benzene rings is 2. The van der Waals surface area contributed by atoms with E-state index < -0.39 is 23.7 Å². The number of hydrazine groups is 1. The monoisotopic (exact) mass is 327 g/mol. The lowest BCUT2D eigenvalue weighted by molar-refractivity contribution is -0.128. The number of halogens is 1. The van der Waals surface area contributed by atoms with Gasteiger partial charge in [0.25, 0.3) is 11.8 Å². The fourth-order valence-corrected chi connectivity index (χ4v) is 1.76. The van der Waals surface area contributed by atoms with Gasteiger partial charge < -0.3 is 4.74 Å². The number of hydrogen-bond acceptors (Lipinski definition) is 4. The summed E-state index contributed by atoms with van der Waals surface area (Å²) in [4.78, 5) is 23.8. The smallest absolute Gasteiger partial charge is 0.279 e. The quantitative estimate of drug-likeness (QED) is 0.840. The molecule has 7 heteroatoms. The molecule has 0 spiro atoms. The summed E-state index contributed by atoms with van der Waals surface area (Å²) in [6, 6.07) is 13.1. The molecular weight excluding hydrogens is 313 g/mol. The van der Waals surface area contributed by atoms with Crippen LogP contribution in [0, 0.1) is 17.1 Å². The zero-order valence-corrected chi connectivity index (χ0v) is 12.7. The third kappa shape index (κ3) is 4.55. The fourth-order valence-electron chi connectivity index (χ4n) is 1.76. The molecule has 0 heterocycles. The summed E-state index contributed by atoms with van der Waals surface area (Å²) in [5.41, 5.74) is 5.21. The number of nitrogens with zero attached hydrogens (tertiary/aromatic N) is 1. The minimum Gasteiger partial charge on any atom is -0.481 e. The normalized spacial score (nSPS) is 11.0. The molecular formula is C17H14FN3O3. The van der Waals surface area contributed by atoms with Crippen molar-refractivity contribution < 1.29 is 18.7 Å². The van der Waals surface area contributed by atoms with Crippen LogP contribution in [0.5, 0.6) is 5.75 Å². The molecule has 0 saturated heterocycles. The molecule has 0 aliphatic rings. The number of carbonyl (C=O) groups excluding carboxylic acids is 2. The Kier molecular flexibility index (Phi) is 5.47. The first-order chi connectivity index (χ1) is 11.5. The molecule has 2 rings (SSSR count). The zero-order chi connectivity index (χ0) is 17.5. The molecule has 2 N–H and O–H groups in total. The minimum absolute atomic E-state index is 0.293. The van der Waals surface area contributed by atoms with Crippen molar-refractivity contribution in [2.75, 3.05) is 0 Å². The van der Waals surface area contributed by atoms with Gasteiger partial charge in [-0.05, 0) is 55.5 Å². The highest BCUT2D eigenvalue weighted by molar-refractivity contribution is 5.95. The van der Waals surface area contributed by atoms with E-state index in [0.717, 1.165) is 0 Å². The second-order valence-corrected chi connectivity index (χ2v) is 4.85. The second-order valence-electron chi connectivity index (χ2n) is 4.85.